The number of nitrogens with zero attached hydrogens (tertiary/aromatic N) is 2. The summed E-state index contributed by atoms with van der Waals surface area (Å²) in [5, 5.41) is 23.5. The molecule has 0 bridgehead atoms. The second kappa shape index (κ2) is 5.99. The number of aromatic nitrogens is 1. The Kier molecular flexibility index (Phi) is 4.32. The minimum Gasteiger partial charge on any atom is -0.394 e. The van der Waals surface area contributed by atoms with Gasteiger partial charge < -0.3 is 20.6 Å². The molecule has 0 unspecified atom stereocenters. The molecule has 0 atom stereocenters. The van der Waals surface area contributed by atoms with Crippen molar-refractivity contribution in [3.05, 3.63) is 22.2 Å². The van der Waals surface area contributed by atoms with Crippen LogP contribution in [-0.4, -0.2) is 40.4 Å². The number of anilines is 2. The topological polar surface area (TPSA) is 136 Å². The van der Waals surface area contributed by atoms with Crippen LogP contribution in [0.5, 0.6) is 0 Å². The lowest BCUT2D eigenvalue weighted by Crippen LogP contribution is -2.47. The van der Waals surface area contributed by atoms with Gasteiger partial charge in [-0.15, -0.1) is 0 Å². The molecule has 1 aromatic heterocycles. The van der Waals surface area contributed by atoms with Gasteiger partial charge in [0.1, 0.15) is 11.6 Å². The number of nitro groups is 1. The van der Waals surface area contributed by atoms with Crippen molar-refractivity contribution in [1.82, 2.24) is 4.98 Å². The predicted molar refractivity (Wildman–Crippen MR) is 72.2 cm³/mol. The summed E-state index contributed by atoms with van der Waals surface area (Å²) in [4.78, 5) is 14.5. The van der Waals surface area contributed by atoms with Gasteiger partial charge in [0.2, 0.25) is 0 Å². The van der Waals surface area contributed by atoms with E-state index in [-0.39, 0.29) is 18.1 Å². The molecule has 0 aromatic carbocycles. The van der Waals surface area contributed by atoms with Gasteiger partial charge in [-0.3, -0.25) is 10.1 Å². The first kappa shape index (κ1) is 14.4. The smallest absolute Gasteiger partial charge is 0.276 e. The van der Waals surface area contributed by atoms with E-state index < -0.39 is 10.5 Å². The number of nitrogen functional groups attached to an aromatic ring is 1. The van der Waals surface area contributed by atoms with E-state index >= 15 is 0 Å². The molecule has 5 N–H and O–H groups in total. The normalized spacial score (nSPS) is 17.5. The fraction of sp³-hybridized carbons (Fsp3) is 0.545. The van der Waals surface area contributed by atoms with Crippen LogP contribution < -0.4 is 16.6 Å². The Labute approximate surface area is 115 Å². The molecule has 2 rings (SSSR count). The van der Waals surface area contributed by atoms with Gasteiger partial charge in [-0.1, -0.05) is 0 Å². The SMILES string of the molecule is NNc1cc([N+](=O)[O-])cc(NC2(CO)CCOCC2)n1. The third kappa shape index (κ3) is 3.13. The van der Waals surface area contributed by atoms with E-state index in [1.54, 1.807) is 0 Å². The molecule has 1 aliphatic heterocycles. The van der Waals surface area contributed by atoms with Crippen molar-refractivity contribution >= 4 is 17.3 Å². The second-order valence-corrected chi connectivity index (χ2v) is 4.67. The van der Waals surface area contributed by atoms with Gasteiger partial charge in [-0.2, -0.15) is 0 Å². The molecule has 1 saturated heterocycles. The van der Waals surface area contributed by atoms with E-state index in [2.05, 4.69) is 15.7 Å². The van der Waals surface area contributed by atoms with Crippen LogP contribution in [0.4, 0.5) is 17.3 Å². The molecular formula is C11H17N5O4. The molecule has 1 aliphatic rings. The Morgan fingerprint density at radius 2 is 2.10 bits per heavy atom. The molecule has 1 aromatic rings. The standard InChI is InChI=1S/C11H17N5O4/c12-15-10-6-8(16(18)19)5-9(13-10)14-11(7-17)1-3-20-4-2-11/h5-6,17H,1-4,7,12H2,(H2,13,14,15). The zero-order valence-electron chi connectivity index (χ0n) is 10.8. The number of aliphatic hydroxyl groups is 1. The van der Waals surface area contributed by atoms with Crippen LogP contribution in [0.25, 0.3) is 0 Å². The van der Waals surface area contributed by atoms with Crippen LogP contribution in [0, 0.1) is 10.1 Å². The first-order valence-corrected chi connectivity index (χ1v) is 6.18. The van der Waals surface area contributed by atoms with Crippen molar-refractivity contribution in [2.75, 3.05) is 30.6 Å². The third-order valence-corrected chi connectivity index (χ3v) is 3.31. The van der Waals surface area contributed by atoms with Crippen LogP contribution in [0.3, 0.4) is 0 Å². The van der Waals surface area contributed by atoms with E-state index in [1.165, 1.54) is 12.1 Å². The van der Waals surface area contributed by atoms with Gasteiger partial charge in [0, 0.05) is 13.2 Å². The molecule has 0 radical (unpaired) electrons. The molecule has 9 heteroatoms. The number of pyridine rings is 1. The number of aliphatic hydroxyl groups excluding tert-OH is 1. The fourth-order valence-electron chi connectivity index (χ4n) is 2.12. The van der Waals surface area contributed by atoms with Crippen molar-refractivity contribution < 1.29 is 14.8 Å². The highest BCUT2D eigenvalue weighted by molar-refractivity contribution is 5.55. The summed E-state index contributed by atoms with van der Waals surface area (Å²) in [6, 6.07) is 2.55. The second-order valence-electron chi connectivity index (χ2n) is 4.67. The highest BCUT2D eigenvalue weighted by atomic mass is 16.6. The van der Waals surface area contributed by atoms with Crippen molar-refractivity contribution in [3.63, 3.8) is 0 Å². The highest BCUT2D eigenvalue weighted by Gasteiger charge is 2.32. The van der Waals surface area contributed by atoms with Crippen LogP contribution in [0.15, 0.2) is 12.1 Å². The number of nitrogens with one attached hydrogen (secondary N) is 2. The van der Waals surface area contributed by atoms with Crippen LogP contribution in [0.2, 0.25) is 0 Å². The maximum atomic E-state index is 10.9. The average molecular weight is 283 g/mol. The number of ether oxygens (including phenoxy) is 1. The summed E-state index contributed by atoms with van der Waals surface area (Å²) in [7, 11) is 0. The quantitative estimate of drug-likeness (QED) is 0.342. The largest absolute Gasteiger partial charge is 0.394 e. The van der Waals surface area contributed by atoms with E-state index in [0.717, 1.165) is 0 Å². The summed E-state index contributed by atoms with van der Waals surface area (Å²) in [5.74, 6) is 5.73. The van der Waals surface area contributed by atoms with Crippen LogP contribution in [0.1, 0.15) is 12.8 Å². The number of hydrogen-bond acceptors (Lipinski definition) is 8. The maximum Gasteiger partial charge on any atom is 0.276 e. The lowest BCUT2D eigenvalue weighted by Gasteiger charge is -2.36. The molecule has 20 heavy (non-hydrogen) atoms. The summed E-state index contributed by atoms with van der Waals surface area (Å²) < 4.78 is 5.26. The van der Waals surface area contributed by atoms with Crippen molar-refractivity contribution in [1.29, 1.82) is 0 Å². The first-order valence-electron chi connectivity index (χ1n) is 6.18. The predicted octanol–water partition coefficient (Wildman–Crippen LogP) is 0.229. The zero-order valence-corrected chi connectivity index (χ0v) is 10.8. The average Bonchev–Trinajstić information content (AvgIpc) is 2.47. The lowest BCUT2D eigenvalue weighted by molar-refractivity contribution is -0.384. The van der Waals surface area contributed by atoms with E-state index in [1.807, 2.05) is 0 Å². The van der Waals surface area contributed by atoms with Gasteiger partial charge in [0.25, 0.3) is 5.69 Å². The number of hydrazine groups is 1. The Morgan fingerprint density at radius 1 is 1.45 bits per heavy atom. The van der Waals surface area contributed by atoms with Gasteiger partial charge in [-0.05, 0) is 12.8 Å². The first-order chi connectivity index (χ1) is 9.58. The molecule has 9 nitrogen and oxygen atoms in total. The number of hydrogen-bond donors (Lipinski definition) is 4. The summed E-state index contributed by atoms with van der Waals surface area (Å²) >= 11 is 0. The van der Waals surface area contributed by atoms with Crippen LogP contribution >= 0.6 is 0 Å². The van der Waals surface area contributed by atoms with Gasteiger partial charge in [0.15, 0.2) is 0 Å². The Hall–Kier alpha value is -1.97. The molecule has 2 heterocycles. The highest BCUT2D eigenvalue weighted by Crippen LogP contribution is 2.27. The van der Waals surface area contributed by atoms with Crippen LogP contribution in [-0.2, 0) is 4.74 Å². The van der Waals surface area contributed by atoms with Crippen molar-refractivity contribution in [2.24, 2.45) is 5.84 Å². The minimum atomic E-state index is -0.577. The summed E-state index contributed by atoms with van der Waals surface area (Å²) in [5.41, 5.74) is 1.58. The zero-order chi connectivity index (χ0) is 14.6. The molecule has 1 fully saturated rings. The molecule has 0 saturated carbocycles. The van der Waals surface area contributed by atoms with Gasteiger partial charge in [0.05, 0.1) is 29.2 Å². The fourth-order valence-corrected chi connectivity index (χ4v) is 2.12. The van der Waals surface area contributed by atoms with E-state index in [4.69, 9.17) is 10.6 Å². The lowest BCUT2D eigenvalue weighted by atomic mass is 9.91. The maximum absolute atomic E-state index is 10.9. The Morgan fingerprint density at radius 3 is 2.65 bits per heavy atom. The minimum absolute atomic E-state index is 0.105. The van der Waals surface area contributed by atoms with E-state index in [0.29, 0.717) is 31.9 Å². The van der Waals surface area contributed by atoms with E-state index in [9.17, 15) is 15.2 Å². The molecular weight excluding hydrogens is 266 g/mol. The van der Waals surface area contributed by atoms with Crippen molar-refractivity contribution in [3.8, 4) is 0 Å². The molecule has 110 valence electrons. The molecule has 0 spiro atoms. The van der Waals surface area contributed by atoms with Gasteiger partial charge >= 0.3 is 0 Å². The Balaban J connectivity index is 2.27. The number of nitrogens with two attached hydrogens (primary N) is 1. The molecule has 0 aliphatic carbocycles. The monoisotopic (exact) mass is 283 g/mol. The number of rotatable bonds is 5. The van der Waals surface area contributed by atoms with Crippen molar-refractivity contribution in [2.45, 2.75) is 18.4 Å². The molecule has 0 amide bonds. The summed E-state index contributed by atoms with van der Waals surface area (Å²) in [6.07, 6.45) is 1.19. The third-order valence-electron chi connectivity index (χ3n) is 3.31. The summed E-state index contributed by atoms with van der Waals surface area (Å²) in [6.45, 7) is 0.932. The van der Waals surface area contributed by atoms with Gasteiger partial charge in [-0.25, -0.2) is 10.8 Å². The Bertz CT molecular complexity index is 490.